The van der Waals surface area contributed by atoms with E-state index >= 15 is 0 Å². The average molecular weight is 418 g/mol. The molecule has 0 saturated carbocycles. The lowest BCUT2D eigenvalue weighted by molar-refractivity contribution is -0.136. The van der Waals surface area contributed by atoms with E-state index in [0.717, 1.165) is 0 Å². The Morgan fingerprint density at radius 1 is 1.00 bits per heavy atom. The number of hydrogen-bond donors (Lipinski definition) is 2. The maximum Gasteiger partial charge on any atom is 0.307 e. The molecule has 0 aliphatic heterocycles. The van der Waals surface area contributed by atoms with Crippen molar-refractivity contribution in [3.63, 3.8) is 0 Å². The first-order chi connectivity index (χ1) is 13.3. The number of carboxylic acid groups (broad SMARTS) is 1. The zero-order valence-electron chi connectivity index (χ0n) is 14.5. The quantitative estimate of drug-likeness (QED) is 0.587. The molecule has 0 unspecified atom stereocenters. The summed E-state index contributed by atoms with van der Waals surface area (Å²) >= 11 is 6.14. The molecule has 3 aromatic rings. The highest BCUT2D eigenvalue weighted by Gasteiger charge is 2.13. The minimum atomic E-state index is -3.67. The third-order valence-corrected chi connectivity index (χ3v) is 5.43. The van der Waals surface area contributed by atoms with E-state index in [9.17, 15) is 13.2 Å². The van der Waals surface area contributed by atoms with Crippen LogP contribution in [0.1, 0.15) is 5.56 Å². The van der Waals surface area contributed by atoms with E-state index < -0.39 is 16.0 Å². The Labute approximate surface area is 167 Å². The zero-order valence-corrected chi connectivity index (χ0v) is 16.1. The van der Waals surface area contributed by atoms with Crippen LogP contribution < -0.4 is 9.46 Å². The van der Waals surface area contributed by atoms with Crippen molar-refractivity contribution >= 4 is 33.3 Å². The summed E-state index contributed by atoms with van der Waals surface area (Å²) in [6, 6.07) is 19.2. The van der Waals surface area contributed by atoms with Crippen LogP contribution in [0.25, 0.3) is 0 Å². The van der Waals surface area contributed by atoms with Gasteiger partial charge in [0, 0.05) is 5.69 Å². The molecule has 3 aromatic carbocycles. The first-order valence-corrected chi connectivity index (χ1v) is 10.1. The van der Waals surface area contributed by atoms with Crippen LogP contribution in [0, 0.1) is 0 Å². The number of carbonyl (C=O) groups is 1. The second-order valence-electron chi connectivity index (χ2n) is 5.88. The molecule has 28 heavy (non-hydrogen) atoms. The number of halogens is 1. The predicted octanol–water partition coefficient (Wildman–Crippen LogP) is 4.56. The Kier molecular flexibility index (Phi) is 5.87. The van der Waals surface area contributed by atoms with Gasteiger partial charge in [0.05, 0.1) is 16.3 Å². The highest BCUT2D eigenvalue weighted by Crippen LogP contribution is 2.31. The van der Waals surface area contributed by atoms with Gasteiger partial charge in [-0.15, -0.1) is 0 Å². The molecule has 0 bridgehead atoms. The SMILES string of the molecule is O=C(O)Cc1ccc(Oc2ccc(NS(=O)(=O)c3ccccc3)cc2)c(Cl)c1. The van der Waals surface area contributed by atoms with Crippen molar-refractivity contribution in [3.8, 4) is 11.5 Å². The molecule has 144 valence electrons. The van der Waals surface area contributed by atoms with Gasteiger partial charge in [-0.05, 0) is 54.1 Å². The Bertz CT molecular complexity index is 1080. The van der Waals surface area contributed by atoms with Crippen LogP contribution in [0.15, 0.2) is 77.7 Å². The van der Waals surface area contributed by atoms with Gasteiger partial charge in [0.2, 0.25) is 0 Å². The Hall–Kier alpha value is -3.03. The average Bonchev–Trinajstić information content (AvgIpc) is 2.65. The normalized spacial score (nSPS) is 11.0. The van der Waals surface area contributed by atoms with Crippen molar-refractivity contribution in [1.82, 2.24) is 0 Å². The van der Waals surface area contributed by atoms with Gasteiger partial charge in [-0.25, -0.2) is 8.42 Å². The van der Waals surface area contributed by atoms with Crippen LogP contribution in [0.5, 0.6) is 11.5 Å². The number of sulfonamides is 1. The van der Waals surface area contributed by atoms with E-state index in [1.807, 2.05) is 0 Å². The molecule has 8 heteroatoms. The summed E-state index contributed by atoms with van der Waals surface area (Å²) in [6.45, 7) is 0. The van der Waals surface area contributed by atoms with Gasteiger partial charge in [0.1, 0.15) is 11.5 Å². The minimum absolute atomic E-state index is 0.129. The van der Waals surface area contributed by atoms with Crippen molar-refractivity contribution < 1.29 is 23.1 Å². The summed E-state index contributed by atoms with van der Waals surface area (Å²) in [4.78, 5) is 10.9. The van der Waals surface area contributed by atoms with Gasteiger partial charge < -0.3 is 9.84 Å². The molecule has 3 rings (SSSR count). The summed E-state index contributed by atoms with van der Waals surface area (Å²) in [5.41, 5.74) is 0.953. The van der Waals surface area contributed by atoms with E-state index in [1.165, 1.54) is 18.2 Å². The molecule has 0 aliphatic rings. The summed E-state index contributed by atoms with van der Waals surface area (Å²) in [6.07, 6.45) is -0.129. The van der Waals surface area contributed by atoms with E-state index in [0.29, 0.717) is 22.7 Å². The predicted molar refractivity (Wildman–Crippen MR) is 107 cm³/mol. The second-order valence-corrected chi connectivity index (χ2v) is 7.97. The fraction of sp³-hybridized carbons (Fsp3) is 0.0500. The highest BCUT2D eigenvalue weighted by molar-refractivity contribution is 7.92. The number of rotatable bonds is 7. The number of carboxylic acids is 1. The van der Waals surface area contributed by atoms with Crippen molar-refractivity contribution in [1.29, 1.82) is 0 Å². The van der Waals surface area contributed by atoms with Crippen LogP contribution in [0.2, 0.25) is 5.02 Å². The molecule has 0 radical (unpaired) electrons. The smallest absolute Gasteiger partial charge is 0.307 e. The highest BCUT2D eigenvalue weighted by atomic mass is 35.5. The van der Waals surface area contributed by atoms with Gasteiger partial charge in [-0.1, -0.05) is 35.9 Å². The van der Waals surface area contributed by atoms with E-state index in [-0.39, 0.29) is 16.3 Å². The summed E-state index contributed by atoms with van der Waals surface area (Å²) in [7, 11) is -3.67. The molecule has 0 saturated heterocycles. The van der Waals surface area contributed by atoms with Crippen molar-refractivity contribution in [2.24, 2.45) is 0 Å². The maximum atomic E-state index is 12.3. The summed E-state index contributed by atoms with van der Waals surface area (Å²) in [5, 5.41) is 9.10. The molecule has 6 nitrogen and oxygen atoms in total. The van der Waals surface area contributed by atoms with Crippen LogP contribution in [-0.2, 0) is 21.2 Å². The molecule has 0 heterocycles. The lowest BCUT2D eigenvalue weighted by Gasteiger charge is -2.11. The number of nitrogens with one attached hydrogen (secondary N) is 1. The van der Waals surface area contributed by atoms with Crippen molar-refractivity contribution in [2.45, 2.75) is 11.3 Å². The molecular weight excluding hydrogens is 402 g/mol. The first-order valence-electron chi connectivity index (χ1n) is 8.19. The molecule has 0 aliphatic carbocycles. The molecule has 0 amide bonds. The van der Waals surface area contributed by atoms with Crippen LogP contribution in [0.3, 0.4) is 0 Å². The molecule has 0 spiro atoms. The molecule has 2 N–H and O–H groups in total. The number of ether oxygens (including phenoxy) is 1. The fourth-order valence-corrected chi connectivity index (χ4v) is 3.76. The van der Waals surface area contributed by atoms with Gasteiger partial charge in [0.15, 0.2) is 0 Å². The monoisotopic (exact) mass is 417 g/mol. The Morgan fingerprint density at radius 2 is 1.68 bits per heavy atom. The van der Waals surface area contributed by atoms with Gasteiger partial charge >= 0.3 is 5.97 Å². The van der Waals surface area contributed by atoms with Gasteiger partial charge in [0.25, 0.3) is 10.0 Å². The van der Waals surface area contributed by atoms with E-state index in [4.69, 9.17) is 21.4 Å². The number of aliphatic carboxylic acids is 1. The van der Waals surface area contributed by atoms with Gasteiger partial charge in [-0.3, -0.25) is 9.52 Å². The fourth-order valence-electron chi connectivity index (χ4n) is 2.44. The molecule has 0 atom stereocenters. The Morgan fingerprint density at radius 3 is 2.29 bits per heavy atom. The van der Waals surface area contributed by atoms with Crippen LogP contribution in [-0.4, -0.2) is 19.5 Å². The number of hydrogen-bond acceptors (Lipinski definition) is 4. The number of benzene rings is 3. The van der Waals surface area contributed by atoms with E-state index in [1.54, 1.807) is 54.6 Å². The molecular formula is C20H16ClNO5S. The molecule has 0 fully saturated rings. The minimum Gasteiger partial charge on any atom is -0.481 e. The van der Waals surface area contributed by atoms with Crippen LogP contribution >= 0.6 is 11.6 Å². The lowest BCUT2D eigenvalue weighted by atomic mass is 10.1. The lowest BCUT2D eigenvalue weighted by Crippen LogP contribution is -2.12. The third-order valence-electron chi connectivity index (χ3n) is 3.74. The third kappa shape index (κ3) is 5.03. The maximum absolute atomic E-state index is 12.3. The first kappa shape index (κ1) is 19.7. The molecule has 0 aromatic heterocycles. The standard InChI is InChI=1S/C20H16ClNO5S/c21-18-12-14(13-20(23)24)6-11-19(18)27-16-9-7-15(8-10-16)22-28(25,26)17-4-2-1-3-5-17/h1-12,22H,13H2,(H,23,24). The largest absolute Gasteiger partial charge is 0.481 e. The summed E-state index contributed by atoms with van der Waals surface area (Å²) in [5.74, 6) is -0.123. The van der Waals surface area contributed by atoms with Crippen molar-refractivity contribution in [3.05, 3.63) is 83.4 Å². The van der Waals surface area contributed by atoms with Crippen LogP contribution in [0.4, 0.5) is 5.69 Å². The topological polar surface area (TPSA) is 92.7 Å². The second kappa shape index (κ2) is 8.33. The Balaban J connectivity index is 1.70. The zero-order chi connectivity index (χ0) is 20.1. The van der Waals surface area contributed by atoms with E-state index in [2.05, 4.69) is 4.72 Å². The van der Waals surface area contributed by atoms with Crippen molar-refractivity contribution in [2.75, 3.05) is 4.72 Å². The summed E-state index contributed by atoms with van der Waals surface area (Å²) < 4.78 is 32.8. The van der Waals surface area contributed by atoms with Gasteiger partial charge in [-0.2, -0.15) is 0 Å². The number of anilines is 1.